The Hall–Kier alpha value is -1.70. The lowest BCUT2D eigenvalue weighted by atomic mass is 10.1. The van der Waals surface area contributed by atoms with E-state index in [0.29, 0.717) is 23.7 Å². The number of Topliss-reactive ketones (excluding diaryl/α,β-unsaturated/α-hetero) is 1. The van der Waals surface area contributed by atoms with Crippen molar-refractivity contribution in [3.63, 3.8) is 0 Å². The Balaban J connectivity index is 1.99. The predicted octanol–water partition coefficient (Wildman–Crippen LogP) is 4.04. The molecule has 0 aliphatic rings. The zero-order valence-corrected chi connectivity index (χ0v) is 17.6. The lowest BCUT2D eigenvalue weighted by molar-refractivity contribution is 0.102. The molecule has 27 heavy (non-hydrogen) atoms. The number of aromatic nitrogens is 1. The van der Waals surface area contributed by atoms with Crippen LogP contribution in [-0.2, 0) is 16.4 Å². The summed E-state index contributed by atoms with van der Waals surface area (Å²) in [4.78, 5) is 16.7. The number of hydrogen-bond donors (Lipinski definition) is 0. The summed E-state index contributed by atoms with van der Waals surface area (Å²) in [6.07, 6.45) is 3.45. The van der Waals surface area contributed by atoms with Crippen LogP contribution in [0.3, 0.4) is 0 Å². The highest BCUT2D eigenvalue weighted by atomic mass is 32.2. The van der Waals surface area contributed by atoms with Crippen molar-refractivity contribution in [1.29, 1.82) is 0 Å². The van der Waals surface area contributed by atoms with Crippen molar-refractivity contribution in [2.45, 2.75) is 43.5 Å². The monoisotopic (exact) mass is 406 g/mol. The molecule has 1 aromatic carbocycles. The van der Waals surface area contributed by atoms with Crippen LogP contribution in [0.1, 0.15) is 43.1 Å². The minimum Gasteiger partial charge on any atom is -0.293 e. The second-order valence-corrected chi connectivity index (χ2v) is 9.01. The molecule has 5 nitrogen and oxygen atoms in total. The number of carbonyl (C=O) groups excluding carboxylic acids is 1. The Labute approximate surface area is 166 Å². The van der Waals surface area contributed by atoms with E-state index in [1.165, 1.54) is 27.8 Å². The second kappa shape index (κ2) is 10.0. The Bertz CT molecular complexity index is 844. The van der Waals surface area contributed by atoms with Crippen LogP contribution in [-0.4, -0.2) is 42.3 Å². The molecule has 0 aliphatic heterocycles. The molecule has 0 unspecified atom stereocenters. The summed E-state index contributed by atoms with van der Waals surface area (Å²) in [7, 11) is -3.51. The molecule has 7 heteroatoms. The van der Waals surface area contributed by atoms with E-state index < -0.39 is 10.0 Å². The maximum Gasteiger partial charge on any atom is 0.244 e. The van der Waals surface area contributed by atoms with E-state index in [0.717, 1.165) is 12.8 Å². The number of aryl methyl sites for hydroxylation is 1. The third-order valence-corrected chi connectivity index (χ3v) is 7.20. The third-order valence-electron chi connectivity index (χ3n) is 4.22. The number of ketones is 1. The van der Waals surface area contributed by atoms with Crippen molar-refractivity contribution in [2.24, 2.45) is 0 Å². The minimum absolute atomic E-state index is 0.0321. The fourth-order valence-corrected chi connectivity index (χ4v) is 4.83. The van der Waals surface area contributed by atoms with Gasteiger partial charge in [0.1, 0.15) is 4.90 Å². The molecule has 2 aromatic rings. The van der Waals surface area contributed by atoms with Crippen LogP contribution in [0.2, 0.25) is 0 Å². The lowest BCUT2D eigenvalue weighted by Crippen LogP contribution is -2.30. The van der Waals surface area contributed by atoms with Crippen molar-refractivity contribution in [1.82, 2.24) is 9.29 Å². The molecule has 0 N–H and O–H groups in total. The molecule has 1 aromatic heterocycles. The van der Waals surface area contributed by atoms with Gasteiger partial charge in [0.05, 0.1) is 10.8 Å². The average Bonchev–Trinajstić information content (AvgIpc) is 2.68. The van der Waals surface area contributed by atoms with E-state index in [-0.39, 0.29) is 16.4 Å². The van der Waals surface area contributed by atoms with E-state index in [9.17, 15) is 13.2 Å². The van der Waals surface area contributed by atoms with Crippen molar-refractivity contribution in [3.05, 3.63) is 53.7 Å². The Morgan fingerprint density at radius 1 is 1.04 bits per heavy atom. The molecular weight excluding hydrogens is 380 g/mol. The number of pyridine rings is 1. The first-order valence-corrected chi connectivity index (χ1v) is 11.6. The van der Waals surface area contributed by atoms with E-state index in [4.69, 9.17) is 0 Å². The number of rotatable bonds is 10. The van der Waals surface area contributed by atoms with Crippen LogP contribution in [0.5, 0.6) is 0 Å². The van der Waals surface area contributed by atoms with Crippen molar-refractivity contribution >= 4 is 27.6 Å². The molecule has 0 aliphatic carbocycles. The highest BCUT2D eigenvalue weighted by molar-refractivity contribution is 7.99. The molecular formula is C20H26N2O3S2. The molecule has 0 radical (unpaired) electrons. The molecule has 0 spiro atoms. The SMILES string of the molecule is CCCc1ccc(C(=O)CSc2ccc(S(=O)(=O)N(CC)CC)cn2)cc1. The van der Waals surface area contributed by atoms with Gasteiger partial charge in [0.15, 0.2) is 5.78 Å². The van der Waals surface area contributed by atoms with Gasteiger partial charge in [-0.05, 0) is 24.1 Å². The zero-order valence-electron chi connectivity index (χ0n) is 16.0. The summed E-state index contributed by atoms with van der Waals surface area (Å²) in [6, 6.07) is 10.9. The van der Waals surface area contributed by atoms with Gasteiger partial charge in [-0.15, -0.1) is 0 Å². The van der Waals surface area contributed by atoms with Gasteiger partial charge in [0.25, 0.3) is 0 Å². The minimum atomic E-state index is -3.51. The Morgan fingerprint density at radius 2 is 1.70 bits per heavy atom. The maximum absolute atomic E-state index is 12.5. The molecule has 0 saturated heterocycles. The lowest BCUT2D eigenvalue weighted by Gasteiger charge is -2.18. The van der Waals surface area contributed by atoms with Gasteiger partial charge in [-0.2, -0.15) is 4.31 Å². The summed E-state index contributed by atoms with van der Waals surface area (Å²) in [5.74, 6) is 0.298. The molecule has 2 rings (SSSR count). The highest BCUT2D eigenvalue weighted by Gasteiger charge is 2.21. The number of carbonyl (C=O) groups is 1. The first-order valence-electron chi connectivity index (χ1n) is 9.13. The standard InChI is InChI=1S/C20H26N2O3S2/c1-4-7-16-8-10-17(11-9-16)19(23)15-26-20-13-12-18(14-21-20)27(24,25)22(5-2)6-3/h8-14H,4-7,15H2,1-3H3. The molecule has 0 bridgehead atoms. The van der Waals surface area contributed by atoms with Crippen LogP contribution in [0, 0.1) is 0 Å². The van der Waals surface area contributed by atoms with Gasteiger partial charge < -0.3 is 0 Å². The van der Waals surface area contributed by atoms with Gasteiger partial charge in [0, 0.05) is 24.8 Å². The molecule has 0 fully saturated rings. The first kappa shape index (κ1) is 21.6. The predicted molar refractivity (Wildman–Crippen MR) is 110 cm³/mol. The van der Waals surface area contributed by atoms with E-state index in [1.807, 2.05) is 24.3 Å². The highest BCUT2D eigenvalue weighted by Crippen LogP contribution is 2.21. The Kier molecular flexibility index (Phi) is 8.01. The number of nitrogens with zero attached hydrogens (tertiary/aromatic N) is 2. The maximum atomic E-state index is 12.5. The second-order valence-electron chi connectivity index (χ2n) is 6.08. The van der Waals surface area contributed by atoms with Crippen molar-refractivity contribution in [2.75, 3.05) is 18.8 Å². The number of thioether (sulfide) groups is 1. The van der Waals surface area contributed by atoms with E-state index in [2.05, 4.69) is 11.9 Å². The van der Waals surface area contributed by atoms with E-state index in [1.54, 1.807) is 26.0 Å². The topological polar surface area (TPSA) is 67.3 Å². The quantitative estimate of drug-likeness (QED) is 0.440. The molecule has 146 valence electrons. The molecule has 0 amide bonds. The fraction of sp³-hybridized carbons (Fsp3) is 0.400. The fourth-order valence-electron chi connectivity index (χ4n) is 2.69. The van der Waals surface area contributed by atoms with E-state index >= 15 is 0 Å². The number of benzene rings is 1. The van der Waals surface area contributed by atoms with Crippen LogP contribution in [0.4, 0.5) is 0 Å². The summed E-state index contributed by atoms with van der Waals surface area (Å²) in [5, 5.41) is 0.629. The van der Waals surface area contributed by atoms with Crippen LogP contribution in [0.25, 0.3) is 0 Å². The first-order chi connectivity index (χ1) is 12.9. The Morgan fingerprint density at radius 3 is 2.22 bits per heavy atom. The summed E-state index contributed by atoms with van der Waals surface area (Å²) >= 11 is 1.31. The molecule has 0 saturated carbocycles. The number of hydrogen-bond acceptors (Lipinski definition) is 5. The van der Waals surface area contributed by atoms with Gasteiger partial charge in [0.2, 0.25) is 10.0 Å². The summed E-state index contributed by atoms with van der Waals surface area (Å²) in [5.41, 5.74) is 1.91. The van der Waals surface area contributed by atoms with Gasteiger partial charge >= 0.3 is 0 Å². The smallest absolute Gasteiger partial charge is 0.244 e. The van der Waals surface area contributed by atoms with Crippen molar-refractivity contribution in [3.8, 4) is 0 Å². The number of sulfonamides is 1. The normalized spacial score (nSPS) is 11.7. The largest absolute Gasteiger partial charge is 0.293 e. The average molecular weight is 407 g/mol. The van der Waals surface area contributed by atoms with Crippen molar-refractivity contribution < 1.29 is 13.2 Å². The van der Waals surface area contributed by atoms with Crippen LogP contribution < -0.4 is 0 Å². The molecule has 1 heterocycles. The van der Waals surface area contributed by atoms with Crippen LogP contribution in [0.15, 0.2) is 52.5 Å². The summed E-state index contributed by atoms with van der Waals surface area (Å²) in [6.45, 7) is 6.57. The van der Waals surface area contributed by atoms with Crippen LogP contribution >= 0.6 is 11.8 Å². The third kappa shape index (κ3) is 5.64. The molecule has 0 atom stereocenters. The summed E-state index contributed by atoms with van der Waals surface area (Å²) < 4.78 is 26.3. The van der Waals surface area contributed by atoms with Gasteiger partial charge in [-0.25, -0.2) is 13.4 Å². The zero-order chi connectivity index (χ0) is 19.9. The van der Waals surface area contributed by atoms with Gasteiger partial charge in [-0.3, -0.25) is 4.79 Å². The van der Waals surface area contributed by atoms with Gasteiger partial charge in [-0.1, -0.05) is 63.2 Å².